The summed E-state index contributed by atoms with van der Waals surface area (Å²) in [6, 6.07) is 26.7. The summed E-state index contributed by atoms with van der Waals surface area (Å²) in [7, 11) is 0. The number of fused-ring (bicyclic) bond motifs is 5. The number of hydrogen-bond acceptors (Lipinski definition) is 7. The maximum atomic E-state index is 13.8. The molecule has 0 saturated heterocycles. The number of hydrogen-bond donors (Lipinski definition) is 2. The number of aryl methyl sites for hydroxylation is 1. The van der Waals surface area contributed by atoms with E-state index in [4.69, 9.17) is 9.15 Å². The lowest BCUT2D eigenvalue weighted by atomic mass is 9.81. The molecule has 6 aromatic rings. The third kappa shape index (κ3) is 3.65. The van der Waals surface area contributed by atoms with Crippen LogP contribution in [0.2, 0.25) is 0 Å². The quantitative estimate of drug-likeness (QED) is 0.184. The molecule has 5 heterocycles. The first-order chi connectivity index (χ1) is 20.6. The van der Waals surface area contributed by atoms with Crippen LogP contribution in [0, 0.1) is 12.9 Å². The first-order valence-electron chi connectivity index (χ1n) is 13.4. The zero-order chi connectivity index (χ0) is 28.4. The number of pyridine rings is 1. The molecule has 0 amide bonds. The Kier molecular flexibility index (Phi) is 5.30. The molecule has 2 aliphatic rings. The van der Waals surface area contributed by atoms with Gasteiger partial charge in [-0.05, 0) is 36.2 Å². The van der Waals surface area contributed by atoms with Crippen molar-refractivity contribution in [3.63, 3.8) is 0 Å². The summed E-state index contributed by atoms with van der Waals surface area (Å²) in [5.74, 6) is 0.361. The van der Waals surface area contributed by atoms with Crippen molar-refractivity contribution in [2.45, 2.75) is 19.0 Å². The van der Waals surface area contributed by atoms with Crippen LogP contribution in [0.3, 0.4) is 0 Å². The molecule has 3 aromatic heterocycles. The number of H-pyrrole nitrogens is 1. The summed E-state index contributed by atoms with van der Waals surface area (Å²) in [6.07, 6.45) is 1.13. The molecule has 2 atom stereocenters. The molecule has 2 unspecified atom stereocenters. The highest BCUT2D eigenvalue weighted by atomic mass is 19.1. The summed E-state index contributed by atoms with van der Waals surface area (Å²) in [6.45, 7) is 1.68. The second kappa shape index (κ2) is 9.20. The third-order valence-electron chi connectivity index (χ3n) is 7.82. The van der Waals surface area contributed by atoms with Gasteiger partial charge in [-0.2, -0.15) is 4.39 Å². The van der Waals surface area contributed by atoms with Crippen LogP contribution in [0.1, 0.15) is 40.2 Å². The minimum atomic E-state index is -0.590. The first-order valence-corrected chi connectivity index (χ1v) is 13.4. The molecule has 0 aliphatic carbocycles. The van der Waals surface area contributed by atoms with Crippen LogP contribution >= 0.6 is 0 Å². The van der Waals surface area contributed by atoms with Gasteiger partial charge in [-0.15, -0.1) is 4.68 Å². The maximum Gasteiger partial charge on any atom is 0.344 e. The second-order valence-electron chi connectivity index (χ2n) is 10.3. The van der Waals surface area contributed by atoms with Gasteiger partial charge in [-0.25, -0.2) is 9.78 Å². The number of allylic oxidation sites excluding steroid dienone is 1. The van der Waals surface area contributed by atoms with Gasteiger partial charge in [-0.1, -0.05) is 71.9 Å². The normalized spacial score (nSPS) is 17.2. The van der Waals surface area contributed by atoms with Gasteiger partial charge in [-0.3, -0.25) is 0 Å². The van der Waals surface area contributed by atoms with Crippen LogP contribution in [0.25, 0.3) is 27.7 Å². The van der Waals surface area contributed by atoms with E-state index in [1.807, 2.05) is 77.5 Å². The van der Waals surface area contributed by atoms with Crippen molar-refractivity contribution in [2.24, 2.45) is 0 Å². The van der Waals surface area contributed by atoms with E-state index in [9.17, 15) is 9.18 Å². The molecule has 2 N–H and O–H groups in total. The third-order valence-corrected chi connectivity index (χ3v) is 7.82. The number of rotatable bonds is 3. The Bertz CT molecular complexity index is 2100. The van der Waals surface area contributed by atoms with Gasteiger partial charge in [0.05, 0.1) is 16.9 Å². The van der Waals surface area contributed by atoms with Gasteiger partial charge in [0.2, 0.25) is 11.8 Å². The summed E-state index contributed by atoms with van der Waals surface area (Å²) in [5, 5.41) is 15.7. The van der Waals surface area contributed by atoms with Crippen LogP contribution < -0.4 is 20.4 Å². The standard InChI is InChI=1S/C32H21FN6O3/c1-17-15-21(16-34-28(17)33)18-11-13-19(14-12-18)24-25-27(22-9-5-6-10-23(22)41-32(25)40)42-31-26(24)30-36-37-38-39(30)29(35-31)20-7-3-2-4-8-20/h2-16,24,29H,1H3,(H,35,36,38)/p+1. The minimum Gasteiger partial charge on any atom is -0.439 e. The van der Waals surface area contributed by atoms with Gasteiger partial charge < -0.3 is 14.5 Å². The highest BCUT2D eigenvalue weighted by molar-refractivity contribution is 5.88. The van der Waals surface area contributed by atoms with Crippen molar-refractivity contribution in [2.75, 3.05) is 0 Å². The predicted octanol–water partition coefficient (Wildman–Crippen LogP) is 4.75. The minimum absolute atomic E-state index is 0.369. The second-order valence-corrected chi connectivity index (χ2v) is 10.3. The Morgan fingerprint density at radius 1 is 0.929 bits per heavy atom. The molecule has 8 rings (SSSR count). The largest absolute Gasteiger partial charge is 0.439 e. The molecule has 0 saturated carbocycles. The number of aromatic nitrogens is 5. The Hall–Kier alpha value is -5.64. The Balaban J connectivity index is 1.34. The van der Waals surface area contributed by atoms with E-state index >= 15 is 0 Å². The molecule has 3 aromatic carbocycles. The van der Waals surface area contributed by atoms with Crippen LogP contribution in [0.4, 0.5) is 4.39 Å². The lowest BCUT2D eigenvalue weighted by molar-refractivity contribution is -0.777. The molecule has 204 valence electrons. The molecule has 9 nitrogen and oxygen atoms in total. The average Bonchev–Trinajstić information content (AvgIpc) is 3.52. The summed E-state index contributed by atoms with van der Waals surface area (Å²) in [5.41, 5.74) is 4.87. The number of aromatic amines is 1. The van der Waals surface area contributed by atoms with Gasteiger partial charge >= 0.3 is 11.4 Å². The van der Waals surface area contributed by atoms with E-state index in [1.54, 1.807) is 19.1 Å². The Morgan fingerprint density at radius 3 is 2.52 bits per heavy atom. The molecule has 2 aliphatic heterocycles. The van der Waals surface area contributed by atoms with Gasteiger partial charge in [0.15, 0.2) is 17.1 Å². The van der Waals surface area contributed by atoms with Gasteiger partial charge in [0, 0.05) is 22.9 Å². The number of halogens is 1. The Labute approximate surface area is 237 Å². The van der Waals surface area contributed by atoms with Crippen molar-refractivity contribution in [3.8, 4) is 16.9 Å². The van der Waals surface area contributed by atoms with E-state index in [1.165, 1.54) is 6.20 Å². The average molecular weight is 558 g/mol. The number of ether oxygens (including phenoxy) is 1. The smallest absolute Gasteiger partial charge is 0.344 e. The van der Waals surface area contributed by atoms with Crippen molar-refractivity contribution < 1.29 is 18.2 Å². The van der Waals surface area contributed by atoms with E-state index in [0.29, 0.717) is 45.1 Å². The zero-order valence-electron chi connectivity index (χ0n) is 22.2. The van der Waals surface area contributed by atoms with E-state index in [0.717, 1.165) is 22.3 Å². The van der Waals surface area contributed by atoms with Gasteiger partial charge in [0.25, 0.3) is 0 Å². The molecule has 0 bridgehead atoms. The van der Waals surface area contributed by atoms with E-state index < -0.39 is 17.5 Å². The van der Waals surface area contributed by atoms with Gasteiger partial charge in [0.1, 0.15) is 16.3 Å². The Morgan fingerprint density at radius 2 is 1.71 bits per heavy atom. The fourth-order valence-corrected chi connectivity index (χ4v) is 5.82. The summed E-state index contributed by atoms with van der Waals surface area (Å²) in [4.78, 5) is 17.5. The van der Waals surface area contributed by atoms with Crippen molar-refractivity contribution in [1.29, 1.82) is 0 Å². The number of benzene rings is 3. The van der Waals surface area contributed by atoms with Crippen molar-refractivity contribution in [1.82, 2.24) is 25.8 Å². The summed E-state index contributed by atoms with van der Waals surface area (Å²) >= 11 is 0. The first kappa shape index (κ1) is 24.2. The van der Waals surface area contributed by atoms with Crippen molar-refractivity contribution in [3.05, 3.63) is 141 Å². The maximum absolute atomic E-state index is 13.8. The summed E-state index contributed by atoms with van der Waals surface area (Å²) < 4.78 is 28.0. The highest BCUT2D eigenvalue weighted by Crippen LogP contribution is 2.48. The molecule has 42 heavy (non-hydrogen) atoms. The van der Waals surface area contributed by atoms with Crippen LogP contribution in [0.5, 0.6) is 5.75 Å². The predicted molar refractivity (Wildman–Crippen MR) is 151 cm³/mol. The molecule has 10 heteroatoms. The van der Waals surface area contributed by atoms with Crippen molar-refractivity contribution >= 4 is 16.5 Å². The van der Waals surface area contributed by atoms with Crippen LogP contribution in [-0.2, 0) is 0 Å². The molecule has 0 spiro atoms. The monoisotopic (exact) mass is 557 g/mol. The fourth-order valence-electron chi connectivity index (χ4n) is 5.82. The lowest BCUT2D eigenvalue weighted by Gasteiger charge is -2.33. The molecular formula is C32H22FN6O3+. The van der Waals surface area contributed by atoms with Crippen LogP contribution in [0.15, 0.2) is 106 Å². The SMILES string of the molecule is Cc1cc(-c2ccc(C3C4=C(NC(c5ccccc5)[n+]5[nH]nnc54)Oc4c3c(=O)oc3ccccc43)cc2)cnc1F. The topological polar surface area (TPSA) is 110 Å². The number of para-hydroxylation sites is 1. The highest BCUT2D eigenvalue weighted by Gasteiger charge is 2.46. The number of tetrazole rings is 1. The van der Waals surface area contributed by atoms with E-state index in [2.05, 4.69) is 25.8 Å². The number of nitrogens with zero attached hydrogens (tertiary/aromatic N) is 4. The molecule has 0 radical (unpaired) electrons. The van der Waals surface area contributed by atoms with E-state index in [-0.39, 0.29) is 6.17 Å². The molecular weight excluding hydrogens is 535 g/mol. The van der Waals surface area contributed by atoms with Crippen LogP contribution in [-0.4, -0.2) is 20.5 Å². The number of nitrogens with one attached hydrogen (secondary N) is 2. The molecule has 0 fully saturated rings. The fraction of sp³-hybridized carbons (Fsp3) is 0.0938. The zero-order valence-corrected chi connectivity index (χ0v) is 22.2. The lowest BCUT2D eigenvalue weighted by Crippen LogP contribution is -2.56.